The van der Waals surface area contributed by atoms with E-state index in [0.717, 1.165) is 0 Å². The van der Waals surface area contributed by atoms with Gasteiger partial charge in [0.15, 0.2) is 0 Å². The summed E-state index contributed by atoms with van der Waals surface area (Å²) in [7, 11) is 4.63. The largest absolute Gasteiger partial charge is 0.496 e. The molecule has 0 fully saturated rings. The quantitative estimate of drug-likeness (QED) is 0.834. The van der Waals surface area contributed by atoms with Crippen LogP contribution in [0.3, 0.4) is 0 Å². The predicted molar refractivity (Wildman–Crippen MR) is 68.4 cm³/mol. The van der Waals surface area contributed by atoms with Gasteiger partial charge in [0.05, 0.1) is 20.8 Å². The van der Waals surface area contributed by atoms with Crippen LogP contribution in [0.4, 0.5) is 0 Å². The van der Waals surface area contributed by atoms with Crippen molar-refractivity contribution in [3.8, 4) is 11.5 Å². The van der Waals surface area contributed by atoms with Gasteiger partial charge in [0.1, 0.15) is 17.1 Å². The van der Waals surface area contributed by atoms with Crippen molar-refractivity contribution >= 4 is 5.91 Å². The van der Waals surface area contributed by atoms with Gasteiger partial charge in [-0.2, -0.15) is 0 Å². The molecule has 0 aliphatic heterocycles. The highest BCUT2D eigenvalue weighted by Gasteiger charge is 2.19. The van der Waals surface area contributed by atoms with E-state index < -0.39 is 0 Å². The summed E-state index contributed by atoms with van der Waals surface area (Å²) in [5.74, 6) is 0.724. The van der Waals surface area contributed by atoms with Gasteiger partial charge in [0.25, 0.3) is 5.91 Å². The van der Waals surface area contributed by atoms with Gasteiger partial charge in [-0.15, -0.1) is 0 Å². The molecule has 1 aromatic carbocycles. The van der Waals surface area contributed by atoms with Crippen molar-refractivity contribution in [1.29, 1.82) is 0 Å². The minimum Gasteiger partial charge on any atom is -0.496 e. The number of carbonyl (C=O) groups is 1. The van der Waals surface area contributed by atoms with Crippen LogP contribution in [0, 0.1) is 0 Å². The van der Waals surface area contributed by atoms with E-state index in [0.29, 0.717) is 23.7 Å². The van der Waals surface area contributed by atoms with Crippen LogP contribution >= 0.6 is 0 Å². The van der Waals surface area contributed by atoms with Gasteiger partial charge >= 0.3 is 0 Å². The minimum atomic E-state index is -0.242. The summed E-state index contributed by atoms with van der Waals surface area (Å²) in [6.07, 6.45) is 0. The lowest BCUT2D eigenvalue weighted by atomic mass is 10.1. The molecule has 1 rings (SSSR count). The number of hydrogen-bond acceptors (Lipinski definition) is 4. The highest BCUT2D eigenvalue weighted by atomic mass is 16.5. The topological polar surface area (TPSA) is 56.8 Å². The third-order valence-electron chi connectivity index (χ3n) is 2.45. The van der Waals surface area contributed by atoms with Crippen molar-refractivity contribution in [3.05, 3.63) is 23.8 Å². The molecule has 18 heavy (non-hydrogen) atoms. The van der Waals surface area contributed by atoms with Crippen molar-refractivity contribution in [2.24, 2.45) is 0 Å². The van der Waals surface area contributed by atoms with Crippen molar-refractivity contribution in [1.82, 2.24) is 5.32 Å². The summed E-state index contributed by atoms with van der Waals surface area (Å²) >= 11 is 0. The monoisotopic (exact) mass is 253 g/mol. The molecule has 0 spiro atoms. The third-order valence-corrected chi connectivity index (χ3v) is 2.45. The zero-order valence-corrected chi connectivity index (χ0v) is 11.1. The van der Waals surface area contributed by atoms with Gasteiger partial charge in [0, 0.05) is 13.2 Å². The fraction of sp³-hybridized carbons (Fsp3) is 0.462. The Morgan fingerprint density at radius 3 is 2.22 bits per heavy atom. The van der Waals surface area contributed by atoms with E-state index in [2.05, 4.69) is 5.32 Å². The highest BCUT2D eigenvalue weighted by molar-refractivity contribution is 5.99. The number of methoxy groups -OCH3 is 3. The molecule has 0 radical (unpaired) electrons. The third kappa shape index (κ3) is 3.37. The van der Waals surface area contributed by atoms with Crippen molar-refractivity contribution < 1.29 is 19.0 Å². The van der Waals surface area contributed by atoms with Crippen molar-refractivity contribution in [2.75, 3.05) is 27.9 Å². The fourth-order valence-electron chi connectivity index (χ4n) is 1.66. The van der Waals surface area contributed by atoms with Gasteiger partial charge in [-0.25, -0.2) is 0 Å². The molecule has 0 saturated heterocycles. The van der Waals surface area contributed by atoms with Crippen LogP contribution in [-0.4, -0.2) is 39.9 Å². The number of benzene rings is 1. The Labute approximate surface area is 107 Å². The zero-order valence-electron chi connectivity index (χ0n) is 11.1. The van der Waals surface area contributed by atoms with Gasteiger partial charge < -0.3 is 19.5 Å². The minimum absolute atomic E-state index is 0.0860. The fourth-order valence-corrected chi connectivity index (χ4v) is 1.66. The highest BCUT2D eigenvalue weighted by Crippen LogP contribution is 2.27. The van der Waals surface area contributed by atoms with Crippen molar-refractivity contribution in [3.63, 3.8) is 0 Å². The van der Waals surface area contributed by atoms with Gasteiger partial charge in [-0.1, -0.05) is 6.07 Å². The first kappa shape index (κ1) is 14.3. The van der Waals surface area contributed by atoms with Crippen LogP contribution in [0.25, 0.3) is 0 Å². The second kappa shape index (κ2) is 6.86. The second-order valence-corrected chi connectivity index (χ2v) is 3.87. The molecule has 100 valence electrons. The van der Waals surface area contributed by atoms with E-state index >= 15 is 0 Å². The Balaban J connectivity index is 2.96. The van der Waals surface area contributed by atoms with E-state index in [4.69, 9.17) is 14.2 Å². The maximum Gasteiger partial charge on any atom is 0.259 e. The molecule has 0 aromatic heterocycles. The van der Waals surface area contributed by atoms with Crippen LogP contribution in [0.1, 0.15) is 17.3 Å². The molecule has 1 aromatic rings. The molecule has 0 aliphatic carbocycles. The lowest BCUT2D eigenvalue weighted by Gasteiger charge is -2.16. The molecule has 0 unspecified atom stereocenters. The Bertz CT molecular complexity index is 384. The van der Waals surface area contributed by atoms with Gasteiger partial charge in [0.2, 0.25) is 0 Å². The summed E-state index contributed by atoms with van der Waals surface area (Å²) in [5, 5.41) is 2.82. The molecule has 5 heteroatoms. The Kier molecular flexibility index (Phi) is 5.45. The molecule has 5 nitrogen and oxygen atoms in total. The molecular formula is C13H19NO4. The van der Waals surface area contributed by atoms with E-state index in [-0.39, 0.29) is 11.9 Å². The lowest BCUT2D eigenvalue weighted by molar-refractivity contribution is 0.0899. The molecule has 0 heterocycles. The average Bonchev–Trinajstić information content (AvgIpc) is 2.37. The summed E-state index contributed by atoms with van der Waals surface area (Å²) < 4.78 is 15.3. The van der Waals surface area contributed by atoms with E-state index in [1.165, 1.54) is 14.2 Å². The van der Waals surface area contributed by atoms with Gasteiger partial charge in [-0.3, -0.25) is 4.79 Å². The SMILES string of the molecule is COC[C@H](C)NC(=O)c1c(OC)cccc1OC. The maximum absolute atomic E-state index is 12.2. The first-order valence-electron chi connectivity index (χ1n) is 5.64. The molecule has 1 atom stereocenters. The van der Waals surface area contributed by atoms with Crippen LogP contribution in [-0.2, 0) is 4.74 Å². The first-order valence-corrected chi connectivity index (χ1v) is 5.64. The van der Waals surface area contributed by atoms with Gasteiger partial charge in [-0.05, 0) is 19.1 Å². The molecule has 1 amide bonds. The second-order valence-electron chi connectivity index (χ2n) is 3.87. The molecule has 1 N–H and O–H groups in total. The average molecular weight is 253 g/mol. The van der Waals surface area contributed by atoms with E-state index in [1.807, 2.05) is 6.92 Å². The summed E-state index contributed by atoms with van der Waals surface area (Å²) in [4.78, 5) is 12.2. The number of ether oxygens (including phenoxy) is 3. The van der Waals surface area contributed by atoms with Crippen LogP contribution in [0.2, 0.25) is 0 Å². The number of carbonyl (C=O) groups excluding carboxylic acids is 1. The van der Waals surface area contributed by atoms with Crippen LogP contribution in [0.15, 0.2) is 18.2 Å². The summed E-state index contributed by atoms with van der Waals surface area (Å²) in [6.45, 7) is 2.31. The normalized spacial score (nSPS) is 11.8. The number of nitrogens with one attached hydrogen (secondary N) is 1. The first-order chi connectivity index (χ1) is 8.63. The number of rotatable bonds is 6. The summed E-state index contributed by atoms with van der Waals surface area (Å²) in [5.41, 5.74) is 0.394. The van der Waals surface area contributed by atoms with Crippen LogP contribution < -0.4 is 14.8 Å². The standard InChI is InChI=1S/C13H19NO4/c1-9(8-16-2)14-13(15)12-10(17-3)6-5-7-11(12)18-4/h5-7,9H,8H2,1-4H3,(H,14,15)/t9-/m0/s1. The zero-order chi connectivity index (χ0) is 13.5. The molecular weight excluding hydrogens is 234 g/mol. The molecule has 0 aliphatic rings. The van der Waals surface area contributed by atoms with Crippen LogP contribution in [0.5, 0.6) is 11.5 Å². The lowest BCUT2D eigenvalue weighted by Crippen LogP contribution is -2.36. The Hall–Kier alpha value is -1.75. The number of amides is 1. The Morgan fingerprint density at radius 1 is 1.22 bits per heavy atom. The molecule has 0 bridgehead atoms. The summed E-state index contributed by atoms with van der Waals surface area (Å²) in [6, 6.07) is 5.13. The Morgan fingerprint density at radius 2 is 1.78 bits per heavy atom. The molecule has 0 saturated carbocycles. The van der Waals surface area contributed by atoms with Crippen molar-refractivity contribution in [2.45, 2.75) is 13.0 Å². The smallest absolute Gasteiger partial charge is 0.259 e. The maximum atomic E-state index is 12.2. The van der Waals surface area contributed by atoms with E-state index in [9.17, 15) is 4.79 Å². The number of hydrogen-bond donors (Lipinski definition) is 1. The predicted octanol–water partition coefficient (Wildman–Crippen LogP) is 1.47. The van der Waals surface area contributed by atoms with E-state index in [1.54, 1.807) is 25.3 Å².